The molecule has 0 saturated heterocycles. The number of anilines is 1. The van der Waals surface area contributed by atoms with Gasteiger partial charge in [-0.2, -0.15) is 0 Å². The number of pyridine rings is 1. The van der Waals surface area contributed by atoms with Crippen molar-refractivity contribution < 1.29 is 4.74 Å². The lowest BCUT2D eigenvalue weighted by Crippen LogP contribution is -2.22. The number of guanidine groups is 1. The maximum Gasteiger partial charge on any atom is 0.218 e. The number of halogens is 1. The predicted molar refractivity (Wildman–Crippen MR) is 115 cm³/mol. The van der Waals surface area contributed by atoms with E-state index in [0.29, 0.717) is 30.9 Å². The number of rotatable bonds is 7. The van der Waals surface area contributed by atoms with E-state index >= 15 is 0 Å². The minimum atomic E-state index is 0. The first-order valence-corrected chi connectivity index (χ1v) is 8.33. The summed E-state index contributed by atoms with van der Waals surface area (Å²) in [5.74, 6) is 1.47. The van der Waals surface area contributed by atoms with Crippen molar-refractivity contribution in [1.29, 1.82) is 0 Å². The third-order valence-corrected chi connectivity index (χ3v) is 3.54. The van der Waals surface area contributed by atoms with Gasteiger partial charge in [0.15, 0.2) is 5.96 Å². The van der Waals surface area contributed by atoms with Crippen LogP contribution in [0.4, 0.5) is 5.69 Å². The third kappa shape index (κ3) is 6.89. The van der Waals surface area contributed by atoms with Gasteiger partial charge in [0.25, 0.3) is 0 Å². The molecule has 1 heterocycles. The van der Waals surface area contributed by atoms with Crippen LogP contribution >= 0.6 is 24.0 Å². The Bertz CT molecular complexity index is 689. The van der Waals surface area contributed by atoms with Gasteiger partial charge < -0.3 is 15.8 Å². The van der Waals surface area contributed by atoms with Gasteiger partial charge in [-0.25, -0.2) is 9.98 Å². The lowest BCUT2D eigenvalue weighted by molar-refractivity contribution is 0.302. The van der Waals surface area contributed by atoms with Crippen molar-refractivity contribution in [2.45, 2.75) is 39.7 Å². The number of benzene rings is 1. The fourth-order valence-corrected chi connectivity index (χ4v) is 2.21. The van der Waals surface area contributed by atoms with Gasteiger partial charge in [-0.1, -0.05) is 39.0 Å². The molecule has 0 atom stereocenters. The van der Waals surface area contributed by atoms with Crippen LogP contribution < -0.4 is 15.8 Å². The zero-order chi connectivity index (χ0) is 17.4. The lowest BCUT2D eigenvalue weighted by Gasteiger charge is -2.11. The molecule has 0 aliphatic rings. The summed E-state index contributed by atoms with van der Waals surface area (Å²) in [6, 6.07) is 12.0. The number of ether oxygens (including phenoxy) is 1. The third-order valence-electron chi connectivity index (χ3n) is 3.54. The molecule has 0 aliphatic carbocycles. The molecule has 1 aromatic heterocycles. The Labute approximate surface area is 167 Å². The van der Waals surface area contributed by atoms with Crippen LogP contribution in [0.2, 0.25) is 0 Å². The molecule has 5 nitrogen and oxygen atoms in total. The predicted octanol–water partition coefficient (Wildman–Crippen LogP) is 4.54. The summed E-state index contributed by atoms with van der Waals surface area (Å²) in [6.07, 6.45) is 2.66. The molecular weight excluding hydrogens is 427 g/mol. The summed E-state index contributed by atoms with van der Waals surface area (Å²) >= 11 is 0. The number of hydrogen-bond acceptors (Lipinski definition) is 3. The molecule has 25 heavy (non-hydrogen) atoms. The van der Waals surface area contributed by atoms with Crippen molar-refractivity contribution in [3.8, 4) is 5.88 Å². The average Bonchev–Trinajstić information content (AvgIpc) is 2.59. The van der Waals surface area contributed by atoms with E-state index in [9.17, 15) is 0 Å². The Balaban J connectivity index is 0.00000312. The first-order valence-electron chi connectivity index (χ1n) is 8.33. The van der Waals surface area contributed by atoms with E-state index in [4.69, 9.17) is 10.5 Å². The van der Waals surface area contributed by atoms with Crippen molar-refractivity contribution >= 4 is 35.6 Å². The van der Waals surface area contributed by atoms with Crippen molar-refractivity contribution in [3.63, 3.8) is 0 Å². The van der Waals surface area contributed by atoms with Gasteiger partial charge in [-0.3, -0.25) is 0 Å². The highest BCUT2D eigenvalue weighted by Gasteiger charge is 2.05. The maximum absolute atomic E-state index is 6.01. The summed E-state index contributed by atoms with van der Waals surface area (Å²) in [5, 5.41) is 3.14. The Kier molecular flexibility index (Phi) is 9.26. The fraction of sp³-hybridized carbons (Fsp3) is 0.368. The number of aliphatic imine (C=N–C) groups is 1. The van der Waals surface area contributed by atoms with E-state index in [1.165, 1.54) is 5.56 Å². The molecule has 0 amide bonds. The van der Waals surface area contributed by atoms with Crippen LogP contribution in [0.15, 0.2) is 47.6 Å². The summed E-state index contributed by atoms with van der Waals surface area (Å²) in [5.41, 5.74) is 9.13. The van der Waals surface area contributed by atoms with Gasteiger partial charge in [0, 0.05) is 17.4 Å². The molecule has 6 heteroatoms. The van der Waals surface area contributed by atoms with E-state index in [2.05, 4.69) is 48.2 Å². The van der Waals surface area contributed by atoms with E-state index in [0.717, 1.165) is 17.7 Å². The van der Waals surface area contributed by atoms with Gasteiger partial charge in [0.05, 0.1) is 13.2 Å². The molecular formula is C19H27IN4O. The van der Waals surface area contributed by atoms with Crippen LogP contribution in [-0.4, -0.2) is 17.6 Å². The molecule has 0 fully saturated rings. The average molecular weight is 454 g/mol. The van der Waals surface area contributed by atoms with Crippen LogP contribution in [0, 0.1) is 0 Å². The molecule has 2 rings (SSSR count). The van der Waals surface area contributed by atoms with Gasteiger partial charge in [0.1, 0.15) is 0 Å². The van der Waals surface area contributed by atoms with Crippen molar-refractivity contribution in [2.24, 2.45) is 10.7 Å². The number of nitrogens with one attached hydrogen (secondary N) is 1. The molecule has 0 spiro atoms. The Morgan fingerprint density at radius 1 is 1.28 bits per heavy atom. The minimum Gasteiger partial charge on any atom is -0.477 e. The van der Waals surface area contributed by atoms with E-state index in [-0.39, 0.29) is 24.0 Å². The smallest absolute Gasteiger partial charge is 0.218 e. The summed E-state index contributed by atoms with van der Waals surface area (Å²) in [6.45, 7) is 7.46. The van der Waals surface area contributed by atoms with E-state index < -0.39 is 0 Å². The Hall–Kier alpha value is -1.83. The monoisotopic (exact) mass is 454 g/mol. The van der Waals surface area contributed by atoms with Crippen LogP contribution in [0.3, 0.4) is 0 Å². The van der Waals surface area contributed by atoms with Crippen molar-refractivity contribution in [2.75, 3.05) is 11.9 Å². The van der Waals surface area contributed by atoms with Crippen LogP contribution in [0.5, 0.6) is 5.88 Å². The van der Waals surface area contributed by atoms with Crippen molar-refractivity contribution in [1.82, 2.24) is 4.98 Å². The molecule has 136 valence electrons. The van der Waals surface area contributed by atoms with Gasteiger partial charge in [0.2, 0.25) is 5.88 Å². The second kappa shape index (κ2) is 10.9. The largest absolute Gasteiger partial charge is 0.477 e. The van der Waals surface area contributed by atoms with E-state index in [1.807, 2.05) is 24.3 Å². The molecule has 3 N–H and O–H groups in total. The van der Waals surface area contributed by atoms with Gasteiger partial charge in [-0.05, 0) is 36.1 Å². The highest BCUT2D eigenvalue weighted by molar-refractivity contribution is 14.0. The lowest BCUT2D eigenvalue weighted by atomic mass is 10.0. The topological polar surface area (TPSA) is 72.5 Å². The molecule has 0 radical (unpaired) electrons. The zero-order valence-electron chi connectivity index (χ0n) is 15.0. The molecule has 0 saturated carbocycles. The Morgan fingerprint density at radius 2 is 2.08 bits per heavy atom. The van der Waals surface area contributed by atoms with Gasteiger partial charge >= 0.3 is 0 Å². The molecule has 2 aromatic rings. The highest BCUT2D eigenvalue weighted by atomic mass is 127. The number of nitrogens with zero attached hydrogens (tertiary/aromatic N) is 2. The standard InChI is InChI=1S/C19H26N4O.HI/c1-4-11-24-18-16(8-6-10-21-18)13-22-19(20)23-17-9-5-7-15(12-17)14(2)3;/h5-10,12,14H,4,11,13H2,1-3H3,(H3,20,22,23);1H. The van der Waals surface area contributed by atoms with E-state index in [1.54, 1.807) is 6.20 Å². The SMILES string of the molecule is CCCOc1ncccc1CN=C(N)Nc1cccc(C(C)C)c1.I. The minimum absolute atomic E-state index is 0. The number of hydrogen-bond donors (Lipinski definition) is 2. The van der Waals surface area contributed by atoms with Gasteiger partial charge in [-0.15, -0.1) is 24.0 Å². The van der Waals surface area contributed by atoms with Crippen molar-refractivity contribution in [3.05, 3.63) is 53.7 Å². The second-order valence-corrected chi connectivity index (χ2v) is 5.92. The quantitative estimate of drug-likeness (QED) is 0.366. The van der Waals surface area contributed by atoms with Crippen LogP contribution in [0.25, 0.3) is 0 Å². The first-order chi connectivity index (χ1) is 11.6. The molecule has 0 aliphatic heterocycles. The van der Waals surface area contributed by atoms with Crippen LogP contribution in [-0.2, 0) is 6.54 Å². The molecule has 0 bridgehead atoms. The highest BCUT2D eigenvalue weighted by Crippen LogP contribution is 2.19. The summed E-state index contributed by atoms with van der Waals surface area (Å²) < 4.78 is 5.64. The fourth-order valence-electron chi connectivity index (χ4n) is 2.21. The maximum atomic E-state index is 6.01. The number of aromatic nitrogens is 1. The number of nitrogens with two attached hydrogens (primary N) is 1. The summed E-state index contributed by atoms with van der Waals surface area (Å²) in [7, 11) is 0. The Morgan fingerprint density at radius 3 is 2.80 bits per heavy atom. The van der Waals surface area contributed by atoms with Crippen LogP contribution in [0.1, 0.15) is 44.2 Å². The normalized spacial score (nSPS) is 11.1. The second-order valence-electron chi connectivity index (χ2n) is 5.92. The zero-order valence-corrected chi connectivity index (χ0v) is 17.4. The summed E-state index contributed by atoms with van der Waals surface area (Å²) in [4.78, 5) is 8.65. The molecule has 1 aromatic carbocycles. The molecule has 0 unspecified atom stereocenters. The first kappa shape index (κ1) is 21.2.